The van der Waals surface area contributed by atoms with Gasteiger partial charge in [0.2, 0.25) is 0 Å². The van der Waals surface area contributed by atoms with Crippen molar-refractivity contribution in [3.63, 3.8) is 0 Å². The van der Waals surface area contributed by atoms with Gasteiger partial charge in [0.05, 0.1) is 29.7 Å². The second-order valence-corrected chi connectivity index (χ2v) is 7.14. The molecule has 0 aliphatic rings. The third-order valence-electron chi connectivity index (χ3n) is 3.83. The molecule has 0 saturated heterocycles. The first-order chi connectivity index (χ1) is 13.2. The summed E-state index contributed by atoms with van der Waals surface area (Å²) < 4.78 is 14.0. The topological polar surface area (TPSA) is 97.3 Å². The Balaban J connectivity index is 1.98. The van der Waals surface area contributed by atoms with Crippen LogP contribution in [0, 0.1) is 0 Å². The van der Waals surface area contributed by atoms with Crippen LogP contribution in [0.2, 0.25) is 0 Å². The first-order valence-corrected chi connectivity index (χ1v) is 8.85. The Morgan fingerprint density at radius 1 is 1.14 bits per heavy atom. The summed E-state index contributed by atoms with van der Waals surface area (Å²) in [6.45, 7) is 7.14. The molecule has 0 radical (unpaired) electrons. The van der Waals surface area contributed by atoms with Crippen molar-refractivity contribution in [2.24, 2.45) is 0 Å². The maximum atomic E-state index is 12.8. The molecule has 0 amide bonds. The average molecular weight is 386 g/mol. The standard InChI is InChI=1S/C19H22N4O5/c1-5-27-18(26)23-15-9-7-6-8-14(15)16(24)22(23)11-13-10-21(12-20-13)17(25)28-19(2,3)4/h6-10,12H,5,11H2,1-4H3. The maximum absolute atomic E-state index is 12.8. The van der Waals surface area contributed by atoms with Crippen LogP contribution >= 0.6 is 0 Å². The number of carbonyl (C=O) groups excluding carboxylic acids is 2. The zero-order valence-electron chi connectivity index (χ0n) is 16.2. The third-order valence-corrected chi connectivity index (χ3v) is 3.83. The molecule has 1 aromatic carbocycles. The number of imidazole rings is 1. The number of benzene rings is 1. The van der Waals surface area contributed by atoms with Crippen molar-refractivity contribution < 1.29 is 19.1 Å². The Morgan fingerprint density at radius 3 is 2.54 bits per heavy atom. The fourth-order valence-corrected chi connectivity index (χ4v) is 2.74. The molecule has 3 rings (SSSR count). The van der Waals surface area contributed by atoms with Gasteiger partial charge >= 0.3 is 12.2 Å². The van der Waals surface area contributed by atoms with E-state index in [0.717, 1.165) is 0 Å². The van der Waals surface area contributed by atoms with Gasteiger partial charge in [-0.1, -0.05) is 12.1 Å². The molecule has 0 fully saturated rings. The summed E-state index contributed by atoms with van der Waals surface area (Å²) in [5.41, 5.74) is -0.135. The molecule has 9 heteroatoms. The van der Waals surface area contributed by atoms with Gasteiger partial charge in [-0.25, -0.2) is 23.8 Å². The molecule has 3 aromatic rings. The lowest BCUT2D eigenvalue weighted by Gasteiger charge is -2.19. The fraction of sp³-hybridized carbons (Fsp3) is 0.368. The second-order valence-electron chi connectivity index (χ2n) is 7.14. The fourth-order valence-electron chi connectivity index (χ4n) is 2.74. The Labute approximate surface area is 161 Å². The van der Waals surface area contributed by atoms with Crippen molar-refractivity contribution in [1.29, 1.82) is 0 Å². The van der Waals surface area contributed by atoms with Gasteiger partial charge in [-0.2, -0.15) is 4.68 Å². The SMILES string of the molecule is CCOC(=O)n1c2ccccc2c(=O)n1Cc1cn(C(=O)OC(C)(C)C)cn1. The molecule has 0 aliphatic carbocycles. The Hall–Kier alpha value is -3.36. The summed E-state index contributed by atoms with van der Waals surface area (Å²) in [5.74, 6) is 0. The van der Waals surface area contributed by atoms with Crippen LogP contribution in [-0.4, -0.2) is 43.3 Å². The van der Waals surface area contributed by atoms with E-state index < -0.39 is 17.8 Å². The monoisotopic (exact) mass is 386 g/mol. The Morgan fingerprint density at radius 2 is 1.86 bits per heavy atom. The molecule has 0 spiro atoms. The van der Waals surface area contributed by atoms with Crippen molar-refractivity contribution in [3.05, 3.63) is 52.8 Å². The molecule has 2 heterocycles. The molecule has 0 saturated carbocycles. The van der Waals surface area contributed by atoms with Crippen LogP contribution in [0.4, 0.5) is 9.59 Å². The molecular weight excluding hydrogens is 364 g/mol. The number of rotatable bonds is 3. The predicted molar refractivity (Wildman–Crippen MR) is 102 cm³/mol. The minimum absolute atomic E-state index is 0.0118. The zero-order chi connectivity index (χ0) is 20.5. The van der Waals surface area contributed by atoms with Crippen LogP contribution in [0.25, 0.3) is 10.9 Å². The maximum Gasteiger partial charge on any atom is 0.433 e. The van der Waals surface area contributed by atoms with Gasteiger partial charge in [0.15, 0.2) is 0 Å². The van der Waals surface area contributed by atoms with Crippen molar-refractivity contribution >= 4 is 23.1 Å². The summed E-state index contributed by atoms with van der Waals surface area (Å²) in [5, 5.41) is 0.391. The molecule has 0 bridgehead atoms. The van der Waals surface area contributed by atoms with Gasteiger partial charge in [0.1, 0.15) is 11.9 Å². The smallest absolute Gasteiger partial charge is 0.433 e. The normalized spacial score (nSPS) is 11.6. The highest BCUT2D eigenvalue weighted by atomic mass is 16.6. The van der Waals surface area contributed by atoms with Crippen LogP contribution in [0.1, 0.15) is 33.4 Å². The van der Waals surface area contributed by atoms with Crippen LogP contribution in [0.15, 0.2) is 41.6 Å². The summed E-state index contributed by atoms with van der Waals surface area (Å²) in [6.07, 6.45) is 1.54. The number of hydrogen-bond acceptors (Lipinski definition) is 6. The van der Waals surface area contributed by atoms with E-state index in [1.54, 1.807) is 52.0 Å². The van der Waals surface area contributed by atoms with Gasteiger partial charge in [0, 0.05) is 6.20 Å². The summed E-state index contributed by atoms with van der Waals surface area (Å²) in [4.78, 5) is 41.5. The van der Waals surface area contributed by atoms with Gasteiger partial charge in [-0.3, -0.25) is 4.79 Å². The predicted octanol–water partition coefficient (Wildman–Crippen LogP) is 2.84. The number of para-hydroxylation sites is 1. The number of nitrogens with zero attached hydrogens (tertiary/aromatic N) is 4. The minimum Gasteiger partial charge on any atom is -0.448 e. The summed E-state index contributed by atoms with van der Waals surface area (Å²) >= 11 is 0. The molecule has 0 aliphatic heterocycles. The van der Waals surface area contributed by atoms with Gasteiger partial charge in [-0.15, -0.1) is 0 Å². The van der Waals surface area contributed by atoms with E-state index in [4.69, 9.17) is 9.47 Å². The molecule has 28 heavy (non-hydrogen) atoms. The molecule has 2 aromatic heterocycles. The lowest BCUT2D eigenvalue weighted by molar-refractivity contribution is 0.0536. The summed E-state index contributed by atoms with van der Waals surface area (Å²) in [6, 6.07) is 6.77. The van der Waals surface area contributed by atoms with E-state index in [2.05, 4.69) is 4.98 Å². The number of ether oxygens (including phenoxy) is 2. The van der Waals surface area contributed by atoms with E-state index in [1.165, 1.54) is 26.5 Å². The Bertz CT molecular complexity index is 1080. The van der Waals surface area contributed by atoms with Crippen LogP contribution in [-0.2, 0) is 16.0 Å². The minimum atomic E-state index is -0.660. The van der Waals surface area contributed by atoms with Gasteiger partial charge in [-0.05, 0) is 39.8 Å². The first kappa shape index (κ1) is 19.4. The highest BCUT2D eigenvalue weighted by Crippen LogP contribution is 2.14. The number of hydrogen-bond donors (Lipinski definition) is 0. The average Bonchev–Trinajstić information content (AvgIpc) is 3.18. The van der Waals surface area contributed by atoms with Crippen LogP contribution in [0.3, 0.4) is 0 Å². The molecule has 0 atom stereocenters. The van der Waals surface area contributed by atoms with Gasteiger partial charge in [0.25, 0.3) is 5.56 Å². The third kappa shape index (κ3) is 3.83. The van der Waals surface area contributed by atoms with E-state index in [-0.39, 0.29) is 18.7 Å². The first-order valence-electron chi connectivity index (χ1n) is 8.85. The van der Waals surface area contributed by atoms with E-state index in [1.807, 2.05) is 0 Å². The van der Waals surface area contributed by atoms with E-state index in [9.17, 15) is 14.4 Å². The highest BCUT2D eigenvalue weighted by Gasteiger charge is 2.21. The van der Waals surface area contributed by atoms with Gasteiger partial charge < -0.3 is 9.47 Å². The number of fused-ring (bicyclic) bond motifs is 1. The van der Waals surface area contributed by atoms with E-state index in [0.29, 0.717) is 16.6 Å². The highest BCUT2D eigenvalue weighted by molar-refractivity contribution is 5.87. The molecular formula is C19H22N4O5. The largest absolute Gasteiger partial charge is 0.448 e. The molecule has 9 nitrogen and oxygen atoms in total. The lowest BCUT2D eigenvalue weighted by atomic mass is 10.2. The van der Waals surface area contributed by atoms with Crippen molar-refractivity contribution in [1.82, 2.24) is 18.9 Å². The zero-order valence-corrected chi connectivity index (χ0v) is 16.2. The van der Waals surface area contributed by atoms with Crippen LogP contribution in [0.5, 0.6) is 0 Å². The lowest BCUT2D eigenvalue weighted by Crippen LogP contribution is -2.29. The second kappa shape index (κ2) is 7.34. The van der Waals surface area contributed by atoms with Crippen LogP contribution < -0.4 is 5.56 Å². The molecule has 0 unspecified atom stereocenters. The quantitative estimate of drug-likeness (QED) is 0.687. The molecule has 148 valence electrons. The Kier molecular flexibility index (Phi) is 5.08. The van der Waals surface area contributed by atoms with E-state index >= 15 is 0 Å². The van der Waals surface area contributed by atoms with Crippen molar-refractivity contribution in [3.8, 4) is 0 Å². The van der Waals surface area contributed by atoms with Crippen molar-refractivity contribution in [2.75, 3.05) is 6.61 Å². The number of aromatic nitrogens is 4. The number of carbonyl (C=O) groups is 2. The summed E-state index contributed by atoms with van der Waals surface area (Å²) in [7, 11) is 0. The van der Waals surface area contributed by atoms with Crippen molar-refractivity contribution in [2.45, 2.75) is 39.8 Å². The molecule has 0 N–H and O–H groups in total.